The molecule has 1 aliphatic rings. The highest BCUT2D eigenvalue weighted by Crippen LogP contribution is 2.59. The van der Waals surface area contributed by atoms with Gasteiger partial charge < -0.3 is 0 Å². The van der Waals surface area contributed by atoms with Crippen LogP contribution in [0.25, 0.3) is 67.5 Å². The molecule has 4 heteroatoms. The van der Waals surface area contributed by atoms with Gasteiger partial charge in [0, 0.05) is 16.7 Å². The maximum Gasteiger partial charge on any atom is 0.164 e. The van der Waals surface area contributed by atoms with Crippen molar-refractivity contribution in [2.45, 2.75) is 5.41 Å². The molecule has 0 bridgehead atoms. The number of rotatable bonds is 7. The third-order valence-electron chi connectivity index (χ3n) is 11.1. The Morgan fingerprint density at radius 3 is 1.39 bits per heavy atom. The second kappa shape index (κ2) is 14.2. The third-order valence-corrected chi connectivity index (χ3v) is 11.1. The van der Waals surface area contributed by atoms with E-state index >= 15 is 0 Å². The molecule has 8 aromatic carbocycles. The second-order valence-corrected chi connectivity index (χ2v) is 14.2. The lowest BCUT2D eigenvalue weighted by Crippen LogP contribution is -2.28. The van der Waals surface area contributed by atoms with Gasteiger partial charge in [0.25, 0.3) is 0 Å². The van der Waals surface area contributed by atoms with Gasteiger partial charge in [-0.3, -0.25) is 0 Å². The van der Waals surface area contributed by atoms with Crippen molar-refractivity contribution in [3.8, 4) is 73.6 Å². The lowest BCUT2D eigenvalue weighted by Gasteiger charge is -2.34. The molecule has 1 heterocycles. The van der Waals surface area contributed by atoms with E-state index < -0.39 is 5.41 Å². The Labute approximate surface area is 332 Å². The van der Waals surface area contributed by atoms with E-state index in [1.165, 1.54) is 33.4 Å². The van der Waals surface area contributed by atoms with Crippen LogP contribution in [0, 0.1) is 11.3 Å². The Kier molecular flexibility index (Phi) is 8.39. The molecule has 266 valence electrons. The molecule has 9 aromatic rings. The van der Waals surface area contributed by atoms with Crippen LogP contribution in [0.2, 0.25) is 0 Å². The van der Waals surface area contributed by atoms with Crippen LogP contribution in [0.3, 0.4) is 0 Å². The van der Waals surface area contributed by atoms with E-state index in [0.717, 1.165) is 38.9 Å². The van der Waals surface area contributed by atoms with E-state index in [1.807, 2.05) is 78.9 Å². The van der Waals surface area contributed by atoms with E-state index in [4.69, 9.17) is 15.0 Å². The molecule has 57 heavy (non-hydrogen) atoms. The summed E-state index contributed by atoms with van der Waals surface area (Å²) in [4.78, 5) is 14.8. The predicted octanol–water partition coefficient (Wildman–Crippen LogP) is 12.4. The molecule has 0 spiro atoms. The predicted molar refractivity (Wildman–Crippen MR) is 229 cm³/mol. The van der Waals surface area contributed by atoms with Gasteiger partial charge in [0.15, 0.2) is 17.5 Å². The fourth-order valence-electron chi connectivity index (χ4n) is 8.55. The van der Waals surface area contributed by atoms with Crippen LogP contribution in [-0.4, -0.2) is 15.0 Å². The van der Waals surface area contributed by atoms with Crippen LogP contribution in [0.1, 0.15) is 27.8 Å². The molecular weight excluding hydrogens is 693 g/mol. The van der Waals surface area contributed by atoms with Crippen molar-refractivity contribution in [1.82, 2.24) is 15.0 Å². The third kappa shape index (κ3) is 5.73. The first-order valence-corrected chi connectivity index (χ1v) is 19.1. The van der Waals surface area contributed by atoms with Crippen molar-refractivity contribution in [1.29, 1.82) is 5.26 Å². The zero-order valence-corrected chi connectivity index (χ0v) is 30.9. The van der Waals surface area contributed by atoms with Gasteiger partial charge in [-0.2, -0.15) is 5.26 Å². The van der Waals surface area contributed by atoms with Crippen LogP contribution >= 0.6 is 0 Å². The Balaban J connectivity index is 1.19. The maximum atomic E-state index is 10.1. The van der Waals surface area contributed by atoms with Crippen LogP contribution < -0.4 is 0 Å². The summed E-state index contributed by atoms with van der Waals surface area (Å²) in [6.07, 6.45) is 0. The van der Waals surface area contributed by atoms with Gasteiger partial charge >= 0.3 is 0 Å². The van der Waals surface area contributed by atoms with E-state index in [-0.39, 0.29) is 0 Å². The van der Waals surface area contributed by atoms with Gasteiger partial charge in [0.1, 0.15) is 0 Å². The highest BCUT2D eigenvalue weighted by atomic mass is 15.0. The minimum atomic E-state index is -0.552. The van der Waals surface area contributed by atoms with Gasteiger partial charge in [-0.25, -0.2) is 15.0 Å². The minimum Gasteiger partial charge on any atom is -0.208 e. The van der Waals surface area contributed by atoms with Crippen LogP contribution in [0.15, 0.2) is 206 Å². The van der Waals surface area contributed by atoms with Crippen molar-refractivity contribution >= 4 is 0 Å². The van der Waals surface area contributed by atoms with Crippen molar-refractivity contribution in [3.63, 3.8) is 0 Å². The van der Waals surface area contributed by atoms with Gasteiger partial charge in [-0.1, -0.05) is 194 Å². The SMILES string of the molecule is N#Cc1cccc(-c2c(-c3ccc(-c4nc(-c5ccccc5)nc(-c5ccccc5)n4)cc3)ccc3c2-c2ccccc2C3(c2ccccc2)c2ccccc2)c1. The Morgan fingerprint density at radius 2 is 0.825 bits per heavy atom. The molecule has 4 nitrogen and oxygen atoms in total. The first-order chi connectivity index (χ1) is 28.2. The summed E-state index contributed by atoms with van der Waals surface area (Å²) in [5.74, 6) is 1.86. The topological polar surface area (TPSA) is 62.5 Å². The van der Waals surface area contributed by atoms with E-state index in [1.54, 1.807) is 0 Å². The summed E-state index contributed by atoms with van der Waals surface area (Å²) in [5, 5.41) is 10.1. The van der Waals surface area contributed by atoms with Crippen LogP contribution in [0.4, 0.5) is 0 Å². The molecule has 0 N–H and O–H groups in total. The molecule has 0 saturated heterocycles. The zero-order chi connectivity index (χ0) is 38.2. The number of aromatic nitrogens is 3. The van der Waals surface area contributed by atoms with Gasteiger partial charge in [-0.05, 0) is 67.8 Å². The minimum absolute atomic E-state index is 0.552. The van der Waals surface area contributed by atoms with Crippen molar-refractivity contribution in [2.75, 3.05) is 0 Å². The zero-order valence-electron chi connectivity index (χ0n) is 30.9. The summed E-state index contributed by atoms with van der Waals surface area (Å²) < 4.78 is 0. The summed E-state index contributed by atoms with van der Waals surface area (Å²) in [6.45, 7) is 0. The largest absolute Gasteiger partial charge is 0.208 e. The van der Waals surface area contributed by atoms with Gasteiger partial charge in [0.05, 0.1) is 17.0 Å². The molecular formula is C53H34N4. The Hall–Kier alpha value is -7.74. The molecule has 0 fully saturated rings. The van der Waals surface area contributed by atoms with Crippen LogP contribution in [-0.2, 0) is 5.41 Å². The molecule has 0 amide bonds. The van der Waals surface area contributed by atoms with Crippen LogP contribution in [0.5, 0.6) is 0 Å². The molecule has 0 radical (unpaired) electrons. The van der Waals surface area contributed by atoms with E-state index in [2.05, 4.69) is 133 Å². The molecule has 0 unspecified atom stereocenters. The summed E-state index contributed by atoms with van der Waals surface area (Å²) in [5.41, 5.74) is 14.3. The van der Waals surface area contributed by atoms with E-state index in [9.17, 15) is 5.26 Å². The van der Waals surface area contributed by atoms with E-state index in [0.29, 0.717) is 23.0 Å². The second-order valence-electron chi connectivity index (χ2n) is 14.2. The number of nitrogens with zero attached hydrogens (tertiary/aromatic N) is 4. The molecule has 10 rings (SSSR count). The monoisotopic (exact) mass is 726 g/mol. The molecule has 0 aliphatic heterocycles. The number of benzene rings is 8. The first kappa shape index (κ1) is 33.8. The quantitative estimate of drug-likeness (QED) is 0.164. The fourth-order valence-corrected chi connectivity index (χ4v) is 8.55. The number of hydrogen-bond acceptors (Lipinski definition) is 4. The molecule has 1 aromatic heterocycles. The lowest BCUT2D eigenvalue weighted by molar-refractivity contribution is 0.768. The summed E-state index contributed by atoms with van der Waals surface area (Å²) >= 11 is 0. The Morgan fingerprint density at radius 1 is 0.351 bits per heavy atom. The highest BCUT2D eigenvalue weighted by Gasteiger charge is 2.47. The molecule has 0 atom stereocenters. The van der Waals surface area contributed by atoms with Crippen molar-refractivity contribution in [3.05, 3.63) is 234 Å². The number of fused-ring (bicyclic) bond motifs is 3. The molecule has 1 aliphatic carbocycles. The average molecular weight is 727 g/mol. The standard InChI is InChI=1S/C53H34N4/c54-35-36-16-15-21-41(34-36)48-44(32-33-47-49(48)45-26-13-14-27-46(45)53(47,42-22-9-3-10-23-42)43-24-11-4-12-25-43)37-28-30-40(31-29-37)52-56-50(38-17-5-1-6-18-38)55-51(57-52)39-19-7-2-8-20-39/h1-34H. The Bertz CT molecular complexity index is 2840. The highest BCUT2D eigenvalue weighted by molar-refractivity contribution is 6.02. The average Bonchev–Trinajstić information content (AvgIpc) is 3.61. The lowest BCUT2D eigenvalue weighted by atomic mass is 9.67. The fraction of sp³-hybridized carbons (Fsp3) is 0.0189. The summed E-state index contributed by atoms with van der Waals surface area (Å²) in [7, 11) is 0. The van der Waals surface area contributed by atoms with Crippen molar-refractivity contribution in [2.24, 2.45) is 0 Å². The van der Waals surface area contributed by atoms with Gasteiger partial charge in [-0.15, -0.1) is 0 Å². The number of hydrogen-bond donors (Lipinski definition) is 0. The van der Waals surface area contributed by atoms with Crippen molar-refractivity contribution < 1.29 is 0 Å². The van der Waals surface area contributed by atoms with Gasteiger partial charge in [0.2, 0.25) is 0 Å². The summed E-state index contributed by atoms with van der Waals surface area (Å²) in [6, 6.07) is 74.0. The normalized spacial score (nSPS) is 12.3. The first-order valence-electron chi connectivity index (χ1n) is 19.1. The maximum absolute atomic E-state index is 10.1. The molecule has 0 saturated carbocycles. The smallest absolute Gasteiger partial charge is 0.164 e. The number of nitriles is 1.